The van der Waals surface area contributed by atoms with Crippen molar-refractivity contribution in [2.75, 3.05) is 0 Å². The van der Waals surface area contributed by atoms with Crippen molar-refractivity contribution in [3.63, 3.8) is 0 Å². The molecule has 0 aliphatic rings. The van der Waals surface area contributed by atoms with Crippen LogP contribution in [-0.4, -0.2) is 17.4 Å². The Kier molecular flexibility index (Phi) is 2.98. The number of hydrogen-bond donors (Lipinski definition) is 1. The maximum atomic E-state index is 12.4. The van der Waals surface area contributed by atoms with Crippen LogP contribution >= 0.6 is 11.3 Å². The first kappa shape index (κ1) is 10.5. The van der Waals surface area contributed by atoms with Gasteiger partial charge >= 0.3 is 6.18 Å². The van der Waals surface area contributed by atoms with Gasteiger partial charge in [-0.2, -0.15) is 24.5 Å². The summed E-state index contributed by atoms with van der Waals surface area (Å²) >= 11 is 1.19. The molecule has 1 aromatic heterocycles. The standard InChI is InChI=1S/C8H9F3OS/c1-5(12)7(8(9,10)11)6-2-3-13-4-6/h2-5,7,12H,1H3. The first-order chi connectivity index (χ1) is 5.93. The van der Waals surface area contributed by atoms with Crippen LogP contribution in [0.5, 0.6) is 0 Å². The van der Waals surface area contributed by atoms with Gasteiger partial charge in [0, 0.05) is 0 Å². The highest BCUT2D eigenvalue weighted by molar-refractivity contribution is 7.07. The summed E-state index contributed by atoms with van der Waals surface area (Å²) in [5, 5.41) is 12.0. The molecule has 0 saturated heterocycles. The fourth-order valence-electron chi connectivity index (χ4n) is 1.19. The monoisotopic (exact) mass is 210 g/mol. The molecule has 1 heterocycles. The molecule has 2 atom stereocenters. The van der Waals surface area contributed by atoms with E-state index in [1.165, 1.54) is 22.8 Å². The van der Waals surface area contributed by atoms with Gasteiger partial charge in [0.2, 0.25) is 0 Å². The Morgan fingerprint density at radius 3 is 2.38 bits per heavy atom. The second-order valence-corrected chi connectivity index (χ2v) is 3.60. The molecule has 1 aromatic rings. The fourth-order valence-corrected chi connectivity index (χ4v) is 1.89. The molecule has 0 radical (unpaired) electrons. The van der Waals surface area contributed by atoms with Gasteiger partial charge in [0.1, 0.15) is 5.92 Å². The first-order valence-electron chi connectivity index (χ1n) is 3.70. The van der Waals surface area contributed by atoms with Gasteiger partial charge in [0.05, 0.1) is 6.10 Å². The van der Waals surface area contributed by atoms with Crippen LogP contribution in [0.25, 0.3) is 0 Å². The number of alkyl halides is 3. The van der Waals surface area contributed by atoms with E-state index in [1.807, 2.05) is 0 Å². The van der Waals surface area contributed by atoms with Gasteiger partial charge in [-0.1, -0.05) is 0 Å². The lowest BCUT2D eigenvalue weighted by Crippen LogP contribution is -2.29. The van der Waals surface area contributed by atoms with Crippen molar-refractivity contribution in [2.45, 2.75) is 25.1 Å². The summed E-state index contributed by atoms with van der Waals surface area (Å²) in [6, 6.07) is 1.38. The zero-order chi connectivity index (χ0) is 10.1. The molecule has 1 rings (SSSR count). The normalized spacial score (nSPS) is 17.0. The summed E-state index contributed by atoms with van der Waals surface area (Å²) in [5.74, 6) is -1.77. The molecule has 2 unspecified atom stereocenters. The highest BCUT2D eigenvalue weighted by Crippen LogP contribution is 2.38. The van der Waals surface area contributed by atoms with Crippen molar-refractivity contribution in [2.24, 2.45) is 0 Å². The molecule has 0 spiro atoms. The molecule has 1 nitrogen and oxygen atoms in total. The predicted octanol–water partition coefficient (Wildman–Crippen LogP) is 2.77. The minimum atomic E-state index is -4.38. The smallest absolute Gasteiger partial charge is 0.392 e. The zero-order valence-electron chi connectivity index (χ0n) is 6.88. The molecule has 0 aromatic carbocycles. The molecular weight excluding hydrogens is 201 g/mol. The van der Waals surface area contributed by atoms with E-state index in [2.05, 4.69) is 0 Å². The Morgan fingerprint density at radius 2 is 2.08 bits per heavy atom. The van der Waals surface area contributed by atoms with Crippen LogP contribution in [-0.2, 0) is 0 Å². The predicted molar refractivity (Wildman–Crippen MR) is 44.8 cm³/mol. The summed E-state index contributed by atoms with van der Waals surface area (Å²) in [4.78, 5) is 0. The Labute approximate surface area is 77.8 Å². The van der Waals surface area contributed by atoms with Gasteiger partial charge in [0.25, 0.3) is 0 Å². The van der Waals surface area contributed by atoms with E-state index in [0.717, 1.165) is 6.92 Å². The van der Waals surface area contributed by atoms with Crippen LogP contribution in [0.1, 0.15) is 18.4 Å². The third-order valence-electron chi connectivity index (χ3n) is 1.74. The zero-order valence-corrected chi connectivity index (χ0v) is 7.69. The quantitative estimate of drug-likeness (QED) is 0.795. The third-order valence-corrected chi connectivity index (χ3v) is 2.44. The van der Waals surface area contributed by atoms with Gasteiger partial charge in [-0.3, -0.25) is 0 Å². The summed E-state index contributed by atoms with van der Waals surface area (Å²) < 4.78 is 37.1. The van der Waals surface area contributed by atoms with E-state index in [0.29, 0.717) is 0 Å². The van der Waals surface area contributed by atoms with Crippen LogP contribution in [0.15, 0.2) is 16.8 Å². The van der Waals surface area contributed by atoms with Crippen molar-refractivity contribution in [3.8, 4) is 0 Å². The number of aliphatic hydroxyl groups excluding tert-OH is 1. The molecule has 1 N–H and O–H groups in total. The topological polar surface area (TPSA) is 20.2 Å². The summed E-state index contributed by atoms with van der Waals surface area (Å²) in [7, 11) is 0. The Bertz CT molecular complexity index is 253. The van der Waals surface area contributed by atoms with E-state index in [4.69, 9.17) is 5.11 Å². The lowest BCUT2D eigenvalue weighted by Gasteiger charge is -2.21. The van der Waals surface area contributed by atoms with Gasteiger partial charge in [-0.05, 0) is 29.3 Å². The van der Waals surface area contributed by atoms with Crippen LogP contribution in [0.3, 0.4) is 0 Å². The van der Waals surface area contributed by atoms with E-state index >= 15 is 0 Å². The summed E-state index contributed by atoms with van der Waals surface area (Å²) in [6.07, 6.45) is -5.79. The van der Waals surface area contributed by atoms with E-state index in [-0.39, 0.29) is 5.56 Å². The maximum absolute atomic E-state index is 12.4. The molecule has 0 saturated carbocycles. The lowest BCUT2D eigenvalue weighted by molar-refractivity contribution is -0.169. The molecular formula is C8H9F3OS. The number of hydrogen-bond acceptors (Lipinski definition) is 2. The molecule has 0 aliphatic heterocycles. The van der Waals surface area contributed by atoms with Gasteiger partial charge in [-0.25, -0.2) is 0 Å². The molecule has 5 heteroatoms. The van der Waals surface area contributed by atoms with E-state index < -0.39 is 18.2 Å². The van der Waals surface area contributed by atoms with Gasteiger partial charge in [-0.15, -0.1) is 0 Å². The van der Waals surface area contributed by atoms with Crippen molar-refractivity contribution < 1.29 is 18.3 Å². The average Bonchev–Trinajstić information content (AvgIpc) is 2.34. The molecule has 13 heavy (non-hydrogen) atoms. The third kappa shape index (κ3) is 2.45. The van der Waals surface area contributed by atoms with Gasteiger partial charge in [0.15, 0.2) is 0 Å². The Morgan fingerprint density at radius 1 is 1.46 bits per heavy atom. The Balaban J connectivity index is 2.94. The first-order valence-corrected chi connectivity index (χ1v) is 4.64. The van der Waals surface area contributed by atoms with Crippen LogP contribution in [0.2, 0.25) is 0 Å². The summed E-state index contributed by atoms with van der Waals surface area (Å²) in [5.41, 5.74) is 0.132. The minimum Gasteiger partial charge on any atom is -0.392 e. The number of halogens is 3. The number of rotatable bonds is 2. The summed E-state index contributed by atoms with van der Waals surface area (Å²) in [6.45, 7) is 1.15. The Hall–Kier alpha value is -0.550. The fraction of sp³-hybridized carbons (Fsp3) is 0.500. The highest BCUT2D eigenvalue weighted by Gasteiger charge is 2.43. The van der Waals surface area contributed by atoms with E-state index in [1.54, 1.807) is 5.38 Å². The van der Waals surface area contributed by atoms with E-state index in [9.17, 15) is 13.2 Å². The second-order valence-electron chi connectivity index (χ2n) is 2.82. The minimum absolute atomic E-state index is 0.132. The SMILES string of the molecule is CC(O)C(c1ccsc1)C(F)(F)F. The molecule has 0 aliphatic carbocycles. The number of thiophene rings is 1. The van der Waals surface area contributed by atoms with Crippen molar-refractivity contribution in [1.29, 1.82) is 0 Å². The number of aliphatic hydroxyl groups is 1. The average molecular weight is 210 g/mol. The lowest BCUT2D eigenvalue weighted by atomic mass is 9.96. The van der Waals surface area contributed by atoms with Crippen LogP contribution in [0, 0.1) is 0 Å². The molecule has 74 valence electrons. The molecule has 0 bridgehead atoms. The van der Waals surface area contributed by atoms with Crippen molar-refractivity contribution >= 4 is 11.3 Å². The van der Waals surface area contributed by atoms with Crippen LogP contribution in [0.4, 0.5) is 13.2 Å². The van der Waals surface area contributed by atoms with Crippen LogP contribution < -0.4 is 0 Å². The van der Waals surface area contributed by atoms with Crippen molar-refractivity contribution in [3.05, 3.63) is 22.4 Å². The largest absolute Gasteiger partial charge is 0.398 e. The molecule has 0 amide bonds. The van der Waals surface area contributed by atoms with Gasteiger partial charge < -0.3 is 5.11 Å². The molecule has 0 fully saturated rings. The van der Waals surface area contributed by atoms with Crippen molar-refractivity contribution in [1.82, 2.24) is 0 Å². The second kappa shape index (κ2) is 3.67. The maximum Gasteiger partial charge on any atom is 0.398 e. The highest BCUT2D eigenvalue weighted by atomic mass is 32.1.